The number of nitrogens with two attached hydrogens (primary N) is 1. The number of benzene rings is 2. The molecule has 0 bridgehead atoms. The summed E-state index contributed by atoms with van der Waals surface area (Å²) in [6.45, 7) is 1.78. The van der Waals surface area contributed by atoms with Crippen molar-refractivity contribution < 1.29 is 33.0 Å². The van der Waals surface area contributed by atoms with E-state index in [2.05, 4.69) is 10.0 Å². The van der Waals surface area contributed by atoms with Crippen LogP contribution in [-0.4, -0.2) is 48.5 Å². The molecule has 172 valence electrons. The Morgan fingerprint density at radius 3 is 2.12 bits per heavy atom. The molecule has 2 amide bonds. The van der Waals surface area contributed by atoms with Crippen molar-refractivity contribution in [2.75, 3.05) is 0 Å². The Labute approximate surface area is 185 Å². The van der Waals surface area contributed by atoms with Crippen LogP contribution >= 0.6 is 0 Å². The maximum absolute atomic E-state index is 12.8. The fourth-order valence-electron chi connectivity index (χ4n) is 2.84. The number of phenols is 1. The fourth-order valence-corrected chi connectivity index (χ4v) is 4.07. The first-order chi connectivity index (χ1) is 15.0. The normalized spacial score (nSPS) is 13.2. The lowest BCUT2D eigenvalue weighted by Crippen LogP contribution is -2.52. The molecule has 2 aromatic carbocycles. The number of hydrogen-bond acceptors (Lipinski definition) is 6. The molecule has 0 spiro atoms. The van der Waals surface area contributed by atoms with Gasteiger partial charge < -0.3 is 21.3 Å². The molecule has 0 unspecified atom stereocenters. The average Bonchev–Trinajstić information content (AvgIpc) is 2.72. The summed E-state index contributed by atoms with van der Waals surface area (Å²) in [4.78, 5) is 35.6. The van der Waals surface area contributed by atoms with Gasteiger partial charge in [-0.05, 0) is 43.2 Å². The number of sulfonamides is 1. The SMILES string of the molecule is Cc1ccc(S(=O)(=O)N[C@@H](CCC(N)=O)C(=O)N[C@@H](Cc2ccc(O)cc2)C(=O)O)cc1. The van der Waals surface area contributed by atoms with Gasteiger partial charge in [0.2, 0.25) is 21.8 Å². The largest absolute Gasteiger partial charge is 0.508 e. The third-order valence-electron chi connectivity index (χ3n) is 4.62. The lowest BCUT2D eigenvalue weighted by atomic mass is 10.0. The Balaban J connectivity index is 2.20. The van der Waals surface area contributed by atoms with Crippen molar-refractivity contribution in [2.45, 2.75) is 43.2 Å². The van der Waals surface area contributed by atoms with Crippen LogP contribution in [0.4, 0.5) is 0 Å². The van der Waals surface area contributed by atoms with E-state index in [4.69, 9.17) is 5.73 Å². The Bertz CT molecular complexity index is 1070. The molecule has 0 fully saturated rings. The predicted octanol–water partition coefficient (Wildman–Crippen LogP) is 0.425. The number of carbonyl (C=O) groups excluding carboxylic acids is 2. The molecule has 0 aliphatic carbocycles. The number of carbonyl (C=O) groups is 3. The van der Waals surface area contributed by atoms with Gasteiger partial charge in [0, 0.05) is 12.8 Å². The van der Waals surface area contributed by atoms with Gasteiger partial charge >= 0.3 is 5.97 Å². The first-order valence-electron chi connectivity index (χ1n) is 9.66. The van der Waals surface area contributed by atoms with Crippen LogP contribution in [0.2, 0.25) is 0 Å². The van der Waals surface area contributed by atoms with Gasteiger partial charge in [-0.2, -0.15) is 4.72 Å². The number of amides is 2. The van der Waals surface area contributed by atoms with Crippen LogP contribution in [-0.2, 0) is 30.8 Å². The van der Waals surface area contributed by atoms with Crippen LogP contribution in [0.3, 0.4) is 0 Å². The standard InChI is InChI=1S/C21H25N3O7S/c1-13-2-8-16(9-3-13)32(30,31)24-17(10-11-19(22)26)20(27)23-18(21(28)29)12-14-4-6-15(25)7-5-14/h2-9,17-18,24-25H,10-12H2,1H3,(H2,22,26)(H,23,27)(H,28,29)/t17-,18-/m0/s1. The van der Waals surface area contributed by atoms with E-state index < -0.39 is 39.9 Å². The van der Waals surface area contributed by atoms with Gasteiger partial charge in [0.15, 0.2) is 0 Å². The summed E-state index contributed by atoms with van der Waals surface area (Å²) >= 11 is 0. The molecule has 0 saturated carbocycles. The number of carboxylic acid groups (broad SMARTS) is 1. The Morgan fingerprint density at radius 2 is 1.59 bits per heavy atom. The first kappa shape index (κ1) is 24.8. The van der Waals surface area contributed by atoms with E-state index in [1.807, 2.05) is 0 Å². The lowest BCUT2D eigenvalue weighted by Gasteiger charge is -2.21. The summed E-state index contributed by atoms with van der Waals surface area (Å²) in [5, 5.41) is 21.2. The maximum atomic E-state index is 12.8. The number of phenolic OH excluding ortho intramolecular Hbond substituents is 1. The van der Waals surface area contributed by atoms with E-state index in [-0.39, 0.29) is 29.9 Å². The molecule has 0 aromatic heterocycles. The van der Waals surface area contributed by atoms with Crippen molar-refractivity contribution in [3.05, 3.63) is 59.7 Å². The molecule has 0 aliphatic heterocycles. The van der Waals surface area contributed by atoms with Crippen LogP contribution in [0.25, 0.3) is 0 Å². The highest BCUT2D eigenvalue weighted by Crippen LogP contribution is 2.14. The van der Waals surface area contributed by atoms with Crippen molar-refractivity contribution in [2.24, 2.45) is 5.73 Å². The highest BCUT2D eigenvalue weighted by molar-refractivity contribution is 7.89. The van der Waals surface area contributed by atoms with Gasteiger partial charge in [0.25, 0.3) is 0 Å². The highest BCUT2D eigenvalue weighted by atomic mass is 32.2. The molecule has 2 atom stereocenters. The number of rotatable bonds is 11. The van der Waals surface area contributed by atoms with E-state index in [1.54, 1.807) is 19.1 Å². The van der Waals surface area contributed by atoms with E-state index >= 15 is 0 Å². The number of nitrogens with one attached hydrogen (secondary N) is 2. The van der Waals surface area contributed by atoms with Gasteiger partial charge in [0.05, 0.1) is 4.90 Å². The number of primary amides is 1. The number of aromatic hydroxyl groups is 1. The Kier molecular flexibility index (Phi) is 8.33. The molecule has 6 N–H and O–H groups in total. The van der Waals surface area contributed by atoms with Crippen molar-refractivity contribution >= 4 is 27.8 Å². The molecule has 10 nitrogen and oxygen atoms in total. The smallest absolute Gasteiger partial charge is 0.326 e. The molecule has 11 heteroatoms. The molecule has 0 radical (unpaired) electrons. The van der Waals surface area contributed by atoms with Crippen LogP contribution in [0, 0.1) is 6.92 Å². The summed E-state index contributed by atoms with van der Waals surface area (Å²) in [5.41, 5.74) is 6.50. The van der Waals surface area contributed by atoms with E-state index in [1.165, 1.54) is 36.4 Å². The van der Waals surface area contributed by atoms with Crippen LogP contribution in [0.1, 0.15) is 24.0 Å². The van der Waals surface area contributed by atoms with Gasteiger partial charge in [-0.1, -0.05) is 29.8 Å². The maximum Gasteiger partial charge on any atom is 0.326 e. The highest BCUT2D eigenvalue weighted by Gasteiger charge is 2.29. The predicted molar refractivity (Wildman–Crippen MR) is 115 cm³/mol. The minimum atomic E-state index is -4.13. The second-order valence-electron chi connectivity index (χ2n) is 7.26. The summed E-state index contributed by atoms with van der Waals surface area (Å²) in [6.07, 6.45) is -0.642. The zero-order valence-electron chi connectivity index (χ0n) is 17.3. The van der Waals surface area contributed by atoms with Crippen molar-refractivity contribution in [1.82, 2.24) is 10.0 Å². The molecule has 0 heterocycles. The minimum absolute atomic E-state index is 0.00156. The fraction of sp³-hybridized carbons (Fsp3) is 0.286. The number of aliphatic carboxylic acids is 1. The first-order valence-corrected chi connectivity index (χ1v) is 11.1. The molecular formula is C21H25N3O7S. The molecule has 32 heavy (non-hydrogen) atoms. The van der Waals surface area contributed by atoms with Crippen molar-refractivity contribution in [3.63, 3.8) is 0 Å². The summed E-state index contributed by atoms with van der Waals surface area (Å²) in [5.74, 6) is -2.98. The van der Waals surface area contributed by atoms with Gasteiger partial charge in [0.1, 0.15) is 17.8 Å². The molecule has 0 saturated heterocycles. The third-order valence-corrected chi connectivity index (χ3v) is 6.10. The molecule has 2 rings (SSSR count). The van der Waals surface area contributed by atoms with E-state index in [0.717, 1.165) is 5.56 Å². The van der Waals surface area contributed by atoms with Crippen LogP contribution < -0.4 is 15.8 Å². The number of aryl methyl sites for hydroxylation is 1. The summed E-state index contributed by atoms with van der Waals surface area (Å²) in [7, 11) is -4.13. The van der Waals surface area contributed by atoms with Crippen molar-refractivity contribution in [1.29, 1.82) is 0 Å². The van der Waals surface area contributed by atoms with Gasteiger partial charge in [-0.15, -0.1) is 0 Å². The Hall–Kier alpha value is -3.44. The Morgan fingerprint density at radius 1 is 1.00 bits per heavy atom. The lowest BCUT2D eigenvalue weighted by molar-refractivity contribution is -0.142. The minimum Gasteiger partial charge on any atom is -0.508 e. The van der Waals surface area contributed by atoms with Crippen LogP contribution in [0.15, 0.2) is 53.4 Å². The topological polar surface area (TPSA) is 176 Å². The van der Waals surface area contributed by atoms with Crippen LogP contribution in [0.5, 0.6) is 5.75 Å². The summed E-state index contributed by atoms with van der Waals surface area (Å²) in [6, 6.07) is 8.88. The number of hydrogen-bond donors (Lipinski definition) is 5. The van der Waals surface area contributed by atoms with Crippen molar-refractivity contribution in [3.8, 4) is 5.75 Å². The number of carboxylic acids is 1. The second-order valence-corrected chi connectivity index (χ2v) is 8.98. The molecule has 0 aliphatic rings. The van der Waals surface area contributed by atoms with E-state index in [9.17, 15) is 33.0 Å². The quantitative estimate of drug-likeness (QED) is 0.321. The summed E-state index contributed by atoms with van der Waals surface area (Å²) < 4.78 is 27.6. The monoisotopic (exact) mass is 463 g/mol. The third kappa shape index (κ3) is 7.36. The van der Waals surface area contributed by atoms with Gasteiger partial charge in [-0.25, -0.2) is 13.2 Å². The zero-order chi connectivity index (χ0) is 23.9. The average molecular weight is 464 g/mol. The second kappa shape index (κ2) is 10.7. The van der Waals surface area contributed by atoms with E-state index in [0.29, 0.717) is 5.56 Å². The zero-order valence-corrected chi connectivity index (χ0v) is 18.1. The van der Waals surface area contributed by atoms with Gasteiger partial charge in [-0.3, -0.25) is 9.59 Å². The molecular weight excluding hydrogens is 438 g/mol. The molecule has 2 aromatic rings.